The zero-order valence-corrected chi connectivity index (χ0v) is 11.2. The maximum atomic E-state index is 13.0. The van der Waals surface area contributed by atoms with Crippen LogP contribution in [0.5, 0.6) is 0 Å². The van der Waals surface area contributed by atoms with Crippen molar-refractivity contribution in [2.45, 2.75) is 32.6 Å². The van der Waals surface area contributed by atoms with Crippen LogP contribution in [0.25, 0.3) is 0 Å². The molecular weight excluding hydrogens is 302 g/mol. The van der Waals surface area contributed by atoms with Crippen LogP contribution in [0.2, 0.25) is 0 Å². The normalized spacial score (nSPS) is 12.4. The Morgan fingerprint density at radius 2 is 1.67 bits per heavy atom. The predicted molar refractivity (Wildman–Crippen MR) is 61.5 cm³/mol. The second-order valence-corrected chi connectivity index (χ2v) is 4.25. The van der Waals surface area contributed by atoms with Gasteiger partial charge in [-0.05, 0) is 31.0 Å². The predicted octanol–water partition coefficient (Wildman–Crippen LogP) is 4.14. The zero-order valence-electron chi connectivity index (χ0n) is 11.2. The van der Waals surface area contributed by atoms with E-state index < -0.39 is 47.0 Å². The number of hydrogen-bond donors (Lipinski definition) is 0. The van der Waals surface area contributed by atoms with Gasteiger partial charge in [-0.1, -0.05) is 6.07 Å². The summed E-state index contributed by atoms with van der Waals surface area (Å²) < 4.78 is 81.5. The Bertz CT molecular complexity index is 531. The van der Waals surface area contributed by atoms with Gasteiger partial charge in [0.1, 0.15) is 0 Å². The zero-order chi connectivity index (χ0) is 16.4. The number of halogens is 6. The lowest BCUT2D eigenvalue weighted by Gasteiger charge is -2.19. The number of alkyl halides is 6. The summed E-state index contributed by atoms with van der Waals surface area (Å²) >= 11 is 0. The van der Waals surface area contributed by atoms with Crippen LogP contribution in [-0.4, -0.2) is 12.6 Å². The van der Waals surface area contributed by atoms with Crippen LogP contribution in [0.15, 0.2) is 12.1 Å². The molecule has 0 saturated carbocycles. The fraction of sp³-hybridized carbons (Fsp3) is 0.462. The van der Waals surface area contributed by atoms with Crippen molar-refractivity contribution < 1.29 is 35.9 Å². The standard InChI is InChI=1S/C13H12F6O2/c1-3-21-10(20)6-8-4-5-9(12(14,15)16)7(2)11(8)13(17,18)19/h4-5H,3,6H2,1-2H3. The topological polar surface area (TPSA) is 26.3 Å². The van der Waals surface area contributed by atoms with Gasteiger partial charge in [0.05, 0.1) is 24.2 Å². The molecule has 1 aromatic carbocycles. The first-order valence-electron chi connectivity index (χ1n) is 5.91. The molecule has 118 valence electrons. The van der Waals surface area contributed by atoms with E-state index in [2.05, 4.69) is 4.74 Å². The van der Waals surface area contributed by atoms with Crippen molar-refractivity contribution >= 4 is 5.97 Å². The molecule has 0 bridgehead atoms. The van der Waals surface area contributed by atoms with E-state index in [0.717, 1.165) is 6.92 Å². The Kier molecular flexibility index (Phi) is 4.91. The van der Waals surface area contributed by atoms with Gasteiger partial charge in [0, 0.05) is 0 Å². The molecule has 0 atom stereocenters. The molecule has 1 rings (SSSR count). The van der Waals surface area contributed by atoms with E-state index in [0.29, 0.717) is 12.1 Å². The van der Waals surface area contributed by atoms with E-state index in [9.17, 15) is 31.1 Å². The van der Waals surface area contributed by atoms with Crippen LogP contribution in [-0.2, 0) is 28.3 Å². The second kappa shape index (κ2) is 5.95. The Labute approximate surface area is 116 Å². The minimum absolute atomic E-state index is 0.0280. The molecular formula is C13H12F6O2. The highest BCUT2D eigenvalue weighted by atomic mass is 19.4. The Morgan fingerprint density at radius 3 is 2.10 bits per heavy atom. The quantitative estimate of drug-likeness (QED) is 0.619. The summed E-state index contributed by atoms with van der Waals surface area (Å²) in [6, 6.07) is 1.20. The maximum absolute atomic E-state index is 13.0. The molecule has 0 amide bonds. The monoisotopic (exact) mass is 314 g/mol. The molecule has 0 N–H and O–H groups in total. The van der Waals surface area contributed by atoms with Crippen molar-refractivity contribution in [3.63, 3.8) is 0 Å². The average Bonchev–Trinajstić information content (AvgIpc) is 2.25. The average molecular weight is 314 g/mol. The summed E-state index contributed by atoms with van der Waals surface area (Å²) in [6.45, 7) is 2.18. The number of carbonyl (C=O) groups excluding carboxylic acids is 1. The highest BCUT2D eigenvalue weighted by Gasteiger charge is 2.41. The molecule has 0 saturated heterocycles. The molecule has 0 aliphatic rings. The minimum atomic E-state index is -4.99. The molecule has 8 heteroatoms. The first-order valence-corrected chi connectivity index (χ1v) is 5.91. The van der Waals surface area contributed by atoms with Gasteiger partial charge in [0.2, 0.25) is 0 Å². The van der Waals surface area contributed by atoms with Crippen molar-refractivity contribution in [2.24, 2.45) is 0 Å². The van der Waals surface area contributed by atoms with E-state index in [-0.39, 0.29) is 6.61 Å². The van der Waals surface area contributed by atoms with Crippen molar-refractivity contribution in [1.29, 1.82) is 0 Å². The molecule has 0 spiro atoms. The molecule has 0 heterocycles. The van der Waals surface area contributed by atoms with Gasteiger partial charge in [0.25, 0.3) is 0 Å². The Balaban J connectivity index is 3.40. The summed E-state index contributed by atoms with van der Waals surface area (Å²) in [5, 5.41) is 0. The van der Waals surface area contributed by atoms with E-state index in [1.807, 2.05) is 0 Å². The summed E-state index contributed by atoms with van der Waals surface area (Å²) in [5.74, 6) is -0.929. The fourth-order valence-corrected chi connectivity index (χ4v) is 1.98. The van der Waals surface area contributed by atoms with Gasteiger partial charge in [-0.25, -0.2) is 0 Å². The Morgan fingerprint density at radius 1 is 1.10 bits per heavy atom. The second-order valence-electron chi connectivity index (χ2n) is 4.25. The van der Waals surface area contributed by atoms with Crippen LogP contribution >= 0.6 is 0 Å². The van der Waals surface area contributed by atoms with E-state index in [1.54, 1.807) is 0 Å². The minimum Gasteiger partial charge on any atom is -0.466 e. The van der Waals surface area contributed by atoms with E-state index >= 15 is 0 Å². The molecule has 0 fully saturated rings. The highest BCUT2D eigenvalue weighted by molar-refractivity contribution is 5.73. The van der Waals surface area contributed by atoms with Gasteiger partial charge < -0.3 is 4.74 Å². The van der Waals surface area contributed by atoms with Crippen LogP contribution in [0.1, 0.15) is 29.2 Å². The van der Waals surface area contributed by atoms with Crippen LogP contribution in [0.4, 0.5) is 26.3 Å². The van der Waals surface area contributed by atoms with E-state index in [4.69, 9.17) is 0 Å². The maximum Gasteiger partial charge on any atom is 0.416 e. The molecule has 0 radical (unpaired) electrons. The smallest absolute Gasteiger partial charge is 0.416 e. The summed E-state index contributed by atoms with van der Waals surface area (Å²) in [5.41, 5.74) is -4.30. The third-order valence-electron chi connectivity index (χ3n) is 2.78. The molecule has 0 unspecified atom stereocenters. The SMILES string of the molecule is CCOC(=O)Cc1ccc(C(F)(F)F)c(C)c1C(F)(F)F. The van der Waals surface area contributed by atoms with Crippen LogP contribution < -0.4 is 0 Å². The van der Waals surface area contributed by atoms with E-state index in [1.165, 1.54) is 6.92 Å². The number of esters is 1. The first-order chi connectivity index (χ1) is 9.48. The summed E-state index contributed by atoms with van der Waals surface area (Å²) in [6.07, 6.45) is -10.6. The highest BCUT2D eigenvalue weighted by Crippen LogP contribution is 2.40. The number of hydrogen-bond acceptors (Lipinski definition) is 2. The van der Waals surface area contributed by atoms with Crippen LogP contribution in [0.3, 0.4) is 0 Å². The summed E-state index contributed by atoms with van der Waals surface area (Å²) in [4.78, 5) is 11.3. The molecule has 0 aliphatic heterocycles. The van der Waals surface area contributed by atoms with Gasteiger partial charge in [-0.2, -0.15) is 26.3 Å². The third kappa shape index (κ3) is 4.12. The number of ether oxygens (including phenoxy) is 1. The molecule has 21 heavy (non-hydrogen) atoms. The third-order valence-corrected chi connectivity index (χ3v) is 2.78. The van der Waals surface area contributed by atoms with Crippen molar-refractivity contribution in [3.8, 4) is 0 Å². The van der Waals surface area contributed by atoms with Gasteiger partial charge in [0.15, 0.2) is 0 Å². The molecule has 0 aliphatic carbocycles. The largest absolute Gasteiger partial charge is 0.466 e. The van der Waals surface area contributed by atoms with Crippen LogP contribution in [0, 0.1) is 6.92 Å². The molecule has 2 nitrogen and oxygen atoms in total. The van der Waals surface area contributed by atoms with Crippen molar-refractivity contribution in [1.82, 2.24) is 0 Å². The van der Waals surface area contributed by atoms with Gasteiger partial charge in [-0.3, -0.25) is 4.79 Å². The summed E-state index contributed by atoms with van der Waals surface area (Å²) in [7, 11) is 0. The lowest BCUT2D eigenvalue weighted by Crippen LogP contribution is -2.19. The first kappa shape index (κ1) is 17.3. The number of benzene rings is 1. The molecule has 1 aromatic rings. The lowest BCUT2D eigenvalue weighted by atomic mass is 9.94. The Hall–Kier alpha value is -1.73. The molecule has 0 aromatic heterocycles. The van der Waals surface area contributed by atoms with Gasteiger partial charge >= 0.3 is 18.3 Å². The fourth-order valence-electron chi connectivity index (χ4n) is 1.98. The van der Waals surface area contributed by atoms with Crippen molar-refractivity contribution in [2.75, 3.05) is 6.61 Å². The lowest BCUT2D eigenvalue weighted by molar-refractivity contribution is -0.145. The number of carbonyl (C=O) groups is 1. The number of rotatable bonds is 3. The van der Waals surface area contributed by atoms with Gasteiger partial charge in [-0.15, -0.1) is 0 Å². The van der Waals surface area contributed by atoms with Crippen molar-refractivity contribution in [3.05, 3.63) is 34.4 Å².